The molecule has 1 unspecified atom stereocenters. The van der Waals surface area contributed by atoms with Gasteiger partial charge in [-0.05, 0) is 37.0 Å². The third kappa shape index (κ3) is 5.55. The maximum absolute atomic E-state index is 6.21. The van der Waals surface area contributed by atoms with E-state index in [1.807, 2.05) is 30.3 Å². The molecule has 0 saturated heterocycles. The lowest BCUT2D eigenvalue weighted by Crippen LogP contribution is -2.28. The quantitative estimate of drug-likeness (QED) is 0.582. The van der Waals surface area contributed by atoms with Crippen LogP contribution >= 0.6 is 0 Å². The summed E-state index contributed by atoms with van der Waals surface area (Å²) in [5.41, 5.74) is 1.11. The molecule has 1 aromatic rings. The molecule has 116 valence electrons. The molecule has 2 heteroatoms. The molecule has 1 fully saturated rings. The highest BCUT2D eigenvalue weighted by molar-refractivity contribution is 5.48. The van der Waals surface area contributed by atoms with E-state index in [4.69, 9.17) is 9.47 Å². The molecule has 2 nitrogen and oxygen atoms in total. The number of hydrogen-bond donors (Lipinski definition) is 0. The Labute approximate surface area is 129 Å². The zero-order chi connectivity index (χ0) is 14.9. The Kier molecular flexibility index (Phi) is 6.81. The summed E-state index contributed by atoms with van der Waals surface area (Å²) in [5, 5.41) is 0. The van der Waals surface area contributed by atoms with Crippen LogP contribution in [0.3, 0.4) is 0 Å². The van der Waals surface area contributed by atoms with Crippen molar-refractivity contribution >= 4 is 6.08 Å². The van der Waals surface area contributed by atoms with Gasteiger partial charge < -0.3 is 9.47 Å². The third-order valence-electron chi connectivity index (χ3n) is 4.07. The van der Waals surface area contributed by atoms with Crippen molar-refractivity contribution in [1.82, 2.24) is 0 Å². The summed E-state index contributed by atoms with van der Waals surface area (Å²) >= 11 is 0. The van der Waals surface area contributed by atoms with Gasteiger partial charge in [-0.1, -0.05) is 57.4 Å². The number of unbranched alkanes of at least 4 members (excludes halogenated alkanes) is 1. The van der Waals surface area contributed by atoms with Gasteiger partial charge in [0.2, 0.25) is 0 Å². The van der Waals surface area contributed by atoms with Crippen molar-refractivity contribution < 1.29 is 9.47 Å². The largest absolute Gasteiger partial charge is 0.465 e. The molecule has 0 heterocycles. The van der Waals surface area contributed by atoms with Crippen molar-refractivity contribution in [3.63, 3.8) is 0 Å². The minimum atomic E-state index is -0.109. The first-order valence-electron chi connectivity index (χ1n) is 8.36. The standard InChI is InChI=1S/C19H28O2/c1-3-5-11-19(20-17-9-7-6-8-10-17)21-18-14-12-16(4-2)13-15-18/h4,12-15,17,19H,2-3,5-11H2,1H3. The highest BCUT2D eigenvalue weighted by atomic mass is 16.7. The molecule has 1 aliphatic rings. The number of benzene rings is 1. The second-order valence-electron chi connectivity index (χ2n) is 5.86. The van der Waals surface area contributed by atoms with Crippen LogP contribution in [0, 0.1) is 0 Å². The zero-order valence-electron chi connectivity index (χ0n) is 13.2. The van der Waals surface area contributed by atoms with E-state index in [-0.39, 0.29) is 6.29 Å². The van der Waals surface area contributed by atoms with Crippen LogP contribution in [0.15, 0.2) is 30.8 Å². The highest BCUT2D eigenvalue weighted by Crippen LogP contribution is 2.24. The van der Waals surface area contributed by atoms with Crippen LogP contribution in [0.1, 0.15) is 63.9 Å². The number of rotatable bonds is 8. The first-order valence-corrected chi connectivity index (χ1v) is 8.36. The Bertz CT molecular complexity index is 404. The summed E-state index contributed by atoms with van der Waals surface area (Å²) in [4.78, 5) is 0. The predicted octanol–water partition coefficient (Wildman–Crippen LogP) is 5.57. The first kappa shape index (κ1) is 16.1. The zero-order valence-corrected chi connectivity index (χ0v) is 13.2. The van der Waals surface area contributed by atoms with Crippen molar-refractivity contribution in [2.24, 2.45) is 0 Å². The molecule has 2 rings (SSSR count). The Hall–Kier alpha value is -1.28. The fourth-order valence-electron chi connectivity index (χ4n) is 2.78. The molecule has 0 aliphatic heterocycles. The van der Waals surface area contributed by atoms with Gasteiger partial charge in [-0.15, -0.1) is 0 Å². The van der Waals surface area contributed by atoms with E-state index >= 15 is 0 Å². The van der Waals surface area contributed by atoms with Crippen LogP contribution in [-0.2, 0) is 4.74 Å². The maximum atomic E-state index is 6.21. The van der Waals surface area contributed by atoms with E-state index in [1.54, 1.807) is 0 Å². The summed E-state index contributed by atoms with van der Waals surface area (Å²) in [6.07, 6.45) is 11.7. The van der Waals surface area contributed by atoms with Crippen LogP contribution in [-0.4, -0.2) is 12.4 Å². The molecular formula is C19H28O2. The minimum Gasteiger partial charge on any atom is -0.465 e. The highest BCUT2D eigenvalue weighted by Gasteiger charge is 2.20. The molecule has 1 saturated carbocycles. The monoisotopic (exact) mass is 288 g/mol. The number of hydrogen-bond acceptors (Lipinski definition) is 2. The van der Waals surface area contributed by atoms with E-state index in [0.717, 1.165) is 24.2 Å². The van der Waals surface area contributed by atoms with Crippen LogP contribution in [0.4, 0.5) is 0 Å². The van der Waals surface area contributed by atoms with E-state index in [2.05, 4.69) is 13.5 Å². The topological polar surface area (TPSA) is 18.5 Å². The van der Waals surface area contributed by atoms with Crippen molar-refractivity contribution in [3.8, 4) is 5.75 Å². The lowest BCUT2D eigenvalue weighted by molar-refractivity contribution is -0.132. The molecule has 0 spiro atoms. The summed E-state index contributed by atoms with van der Waals surface area (Å²) in [7, 11) is 0. The summed E-state index contributed by atoms with van der Waals surface area (Å²) < 4.78 is 12.3. The maximum Gasteiger partial charge on any atom is 0.200 e. The molecule has 0 radical (unpaired) electrons. The van der Waals surface area contributed by atoms with Gasteiger partial charge in [0.15, 0.2) is 6.29 Å². The fraction of sp³-hybridized carbons (Fsp3) is 0.579. The average Bonchev–Trinajstić information content (AvgIpc) is 2.54. The molecule has 0 N–H and O–H groups in total. The van der Waals surface area contributed by atoms with E-state index in [1.165, 1.54) is 38.5 Å². The molecular weight excluding hydrogens is 260 g/mol. The van der Waals surface area contributed by atoms with E-state index < -0.39 is 0 Å². The van der Waals surface area contributed by atoms with Crippen molar-refractivity contribution in [2.45, 2.75) is 70.7 Å². The predicted molar refractivity (Wildman–Crippen MR) is 88.4 cm³/mol. The van der Waals surface area contributed by atoms with Crippen molar-refractivity contribution in [2.75, 3.05) is 0 Å². The van der Waals surface area contributed by atoms with Gasteiger partial charge in [-0.2, -0.15) is 0 Å². The molecule has 0 bridgehead atoms. The molecule has 1 atom stereocenters. The minimum absolute atomic E-state index is 0.109. The van der Waals surface area contributed by atoms with Gasteiger partial charge in [0.05, 0.1) is 6.10 Å². The second kappa shape index (κ2) is 8.89. The second-order valence-corrected chi connectivity index (χ2v) is 5.86. The lowest BCUT2D eigenvalue weighted by Gasteiger charge is -2.28. The normalized spacial score (nSPS) is 17.4. The molecule has 0 amide bonds. The third-order valence-corrected chi connectivity index (χ3v) is 4.07. The Balaban J connectivity index is 1.91. The van der Waals surface area contributed by atoms with Crippen molar-refractivity contribution in [3.05, 3.63) is 36.4 Å². The van der Waals surface area contributed by atoms with Gasteiger partial charge >= 0.3 is 0 Å². The molecule has 0 aromatic heterocycles. The SMILES string of the molecule is C=Cc1ccc(OC(CCCC)OC2CCCCC2)cc1. The Morgan fingerprint density at radius 2 is 1.90 bits per heavy atom. The fourth-order valence-corrected chi connectivity index (χ4v) is 2.78. The van der Waals surface area contributed by atoms with Gasteiger partial charge in [-0.3, -0.25) is 0 Å². The van der Waals surface area contributed by atoms with Gasteiger partial charge in [0.1, 0.15) is 5.75 Å². The first-order chi connectivity index (χ1) is 10.3. The van der Waals surface area contributed by atoms with E-state index in [0.29, 0.717) is 6.10 Å². The Morgan fingerprint density at radius 3 is 2.52 bits per heavy atom. The van der Waals surface area contributed by atoms with Gasteiger partial charge in [0.25, 0.3) is 0 Å². The van der Waals surface area contributed by atoms with Crippen LogP contribution in [0.5, 0.6) is 5.75 Å². The van der Waals surface area contributed by atoms with Crippen LogP contribution in [0.2, 0.25) is 0 Å². The molecule has 21 heavy (non-hydrogen) atoms. The summed E-state index contributed by atoms with van der Waals surface area (Å²) in [5.74, 6) is 0.887. The van der Waals surface area contributed by atoms with Crippen molar-refractivity contribution in [1.29, 1.82) is 0 Å². The summed E-state index contributed by atoms with van der Waals surface area (Å²) in [6, 6.07) is 8.06. The summed E-state index contributed by atoms with van der Waals surface area (Å²) in [6.45, 7) is 5.98. The van der Waals surface area contributed by atoms with Gasteiger partial charge in [0, 0.05) is 6.42 Å². The molecule has 1 aromatic carbocycles. The van der Waals surface area contributed by atoms with Gasteiger partial charge in [-0.25, -0.2) is 0 Å². The average molecular weight is 288 g/mol. The number of ether oxygens (including phenoxy) is 2. The Morgan fingerprint density at radius 1 is 1.19 bits per heavy atom. The van der Waals surface area contributed by atoms with Crippen LogP contribution < -0.4 is 4.74 Å². The molecule has 1 aliphatic carbocycles. The van der Waals surface area contributed by atoms with E-state index in [9.17, 15) is 0 Å². The smallest absolute Gasteiger partial charge is 0.200 e. The van der Waals surface area contributed by atoms with Crippen LogP contribution in [0.25, 0.3) is 6.08 Å². The lowest BCUT2D eigenvalue weighted by atomic mass is 9.98.